The van der Waals surface area contributed by atoms with Gasteiger partial charge in [-0.25, -0.2) is 0 Å². The van der Waals surface area contributed by atoms with Crippen LogP contribution < -0.4 is 5.73 Å². The van der Waals surface area contributed by atoms with Gasteiger partial charge < -0.3 is 0 Å². The number of hydrogen-bond acceptors (Lipinski definition) is 2. The van der Waals surface area contributed by atoms with Gasteiger partial charge in [0.05, 0.1) is 0 Å². The van der Waals surface area contributed by atoms with Crippen molar-refractivity contribution in [2.24, 2.45) is 5.73 Å². The molecule has 0 aromatic carbocycles. The van der Waals surface area contributed by atoms with Crippen molar-refractivity contribution in [1.29, 1.82) is 0 Å². The van der Waals surface area contributed by atoms with E-state index in [0.29, 0.717) is 0 Å². The molecule has 0 spiro atoms. The Kier molecular flexibility index (Phi) is 9.12. The zero-order valence-corrected chi connectivity index (χ0v) is 10.8. The summed E-state index contributed by atoms with van der Waals surface area (Å²) in [5, 5.41) is 0. The first-order valence-corrected chi connectivity index (χ1v) is 6.98. The minimum atomic E-state index is 0.865. The summed E-state index contributed by atoms with van der Waals surface area (Å²) in [7, 11) is 0. The standard InChI is InChI=1S/C7H16NS.Sn.H/c1-9-7-5-3-2-4-6-8;;/h7H,2-6,8H2,1H3;;. The van der Waals surface area contributed by atoms with Gasteiger partial charge >= 0.3 is 81.8 Å². The van der Waals surface area contributed by atoms with Crippen LogP contribution in [0.15, 0.2) is 0 Å². The number of hydrogen-bond donors (Lipinski definition) is 1. The Hall–Kier alpha value is 1.11. The molecular weight excluding hydrogens is 249 g/mol. The fourth-order valence-corrected chi connectivity index (χ4v) is 1.86. The Morgan fingerprint density at radius 3 is 2.60 bits per heavy atom. The van der Waals surface area contributed by atoms with E-state index < -0.39 is 0 Å². The van der Waals surface area contributed by atoms with Crippen LogP contribution in [0.2, 0.25) is 0 Å². The van der Waals surface area contributed by atoms with E-state index in [4.69, 9.17) is 5.73 Å². The molecule has 0 aliphatic carbocycles. The van der Waals surface area contributed by atoms with E-state index in [2.05, 4.69) is 6.26 Å². The molecule has 60 valence electrons. The van der Waals surface area contributed by atoms with Crippen molar-refractivity contribution in [3.63, 3.8) is 0 Å². The third-order valence-electron chi connectivity index (χ3n) is 1.50. The molecule has 0 aliphatic heterocycles. The Morgan fingerprint density at radius 2 is 2.10 bits per heavy atom. The van der Waals surface area contributed by atoms with E-state index in [-0.39, 0.29) is 0 Å². The van der Waals surface area contributed by atoms with Crippen molar-refractivity contribution in [2.45, 2.75) is 28.9 Å². The van der Waals surface area contributed by atoms with E-state index in [1.807, 2.05) is 11.8 Å². The van der Waals surface area contributed by atoms with Gasteiger partial charge in [-0.2, -0.15) is 0 Å². The number of thioether (sulfide) groups is 1. The molecule has 0 rings (SSSR count). The van der Waals surface area contributed by atoms with Crippen molar-refractivity contribution in [3.05, 3.63) is 0 Å². The summed E-state index contributed by atoms with van der Waals surface area (Å²) in [5.74, 6) is 0. The van der Waals surface area contributed by atoms with E-state index in [9.17, 15) is 0 Å². The molecule has 1 atom stereocenters. The van der Waals surface area contributed by atoms with Crippen LogP contribution in [0.4, 0.5) is 0 Å². The summed E-state index contributed by atoms with van der Waals surface area (Å²) in [6, 6.07) is 0. The predicted molar refractivity (Wildman–Crippen MR) is 52.0 cm³/mol. The molecule has 0 fully saturated rings. The molecule has 2 N–H and O–H groups in total. The van der Waals surface area contributed by atoms with Crippen LogP contribution in [0.3, 0.4) is 0 Å². The molecule has 1 unspecified atom stereocenters. The summed E-state index contributed by atoms with van der Waals surface area (Å²) in [6.07, 6.45) is 7.53. The number of rotatable bonds is 6. The Morgan fingerprint density at radius 1 is 1.40 bits per heavy atom. The van der Waals surface area contributed by atoms with Crippen LogP contribution in [0.1, 0.15) is 25.7 Å². The second-order valence-electron chi connectivity index (χ2n) is 2.41. The van der Waals surface area contributed by atoms with Crippen molar-refractivity contribution in [2.75, 3.05) is 12.8 Å². The van der Waals surface area contributed by atoms with Crippen LogP contribution >= 0.6 is 11.8 Å². The van der Waals surface area contributed by atoms with Crippen LogP contribution in [0, 0.1) is 0 Å². The van der Waals surface area contributed by atoms with Crippen LogP contribution in [-0.4, -0.2) is 38.6 Å². The van der Waals surface area contributed by atoms with Gasteiger partial charge in [-0.3, -0.25) is 0 Å². The van der Waals surface area contributed by atoms with Crippen LogP contribution in [-0.2, 0) is 0 Å². The normalized spacial score (nSPS) is 13.5. The third-order valence-corrected chi connectivity index (χ3v) is 5.62. The molecule has 0 aromatic heterocycles. The van der Waals surface area contributed by atoms with Crippen LogP contribution in [0.5, 0.6) is 0 Å². The zero-order chi connectivity index (χ0) is 7.82. The molecule has 10 heavy (non-hydrogen) atoms. The SMILES string of the molecule is CS[CH]([SnH])CCCCCN. The molecule has 0 aliphatic rings. The van der Waals surface area contributed by atoms with Gasteiger partial charge in [0.25, 0.3) is 0 Å². The molecule has 0 saturated carbocycles. The average molecular weight is 266 g/mol. The molecule has 0 amide bonds. The van der Waals surface area contributed by atoms with Crippen molar-refractivity contribution in [1.82, 2.24) is 0 Å². The number of nitrogens with two attached hydrogens (primary N) is 1. The van der Waals surface area contributed by atoms with Gasteiger partial charge in [-0.15, -0.1) is 0 Å². The number of unbranched alkanes of at least 4 members (excludes halogenated alkanes) is 2. The van der Waals surface area contributed by atoms with Gasteiger partial charge in [0.2, 0.25) is 0 Å². The first-order valence-electron chi connectivity index (χ1n) is 3.79. The van der Waals surface area contributed by atoms with Crippen molar-refractivity contribution >= 4 is 34.3 Å². The molecule has 1 nitrogen and oxygen atoms in total. The van der Waals surface area contributed by atoms with E-state index in [0.717, 1.165) is 9.81 Å². The second kappa shape index (κ2) is 8.21. The van der Waals surface area contributed by atoms with E-state index >= 15 is 0 Å². The molecular formula is C7H17NSSn. The van der Waals surface area contributed by atoms with Crippen LogP contribution in [0.25, 0.3) is 0 Å². The minimum absolute atomic E-state index is 0.865. The third kappa shape index (κ3) is 7.22. The Balaban J connectivity index is 2.89. The van der Waals surface area contributed by atoms with Gasteiger partial charge in [-0.05, 0) is 0 Å². The summed E-state index contributed by atoms with van der Waals surface area (Å²) in [4.78, 5) is 0. The first kappa shape index (κ1) is 11.1. The topological polar surface area (TPSA) is 26.0 Å². The monoisotopic (exact) mass is 267 g/mol. The molecule has 0 aromatic rings. The predicted octanol–water partition coefficient (Wildman–Crippen LogP) is 1.10. The van der Waals surface area contributed by atoms with E-state index in [1.165, 1.54) is 48.2 Å². The van der Waals surface area contributed by atoms with Gasteiger partial charge in [-0.1, -0.05) is 0 Å². The molecule has 0 heterocycles. The molecule has 2 radical (unpaired) electrons. The van der Waals surface area contributed by atoms with Gasteiger partial charge in [0, 0.05) is 0 Å². The summed E-state index contributed by atoms with van der Waals surface area (Å²) >= 11 is 3.41. The maximum atomic E-state index is 5.38. The summed E-state index contributed by atoms with van der Waals surface area (Å²) < 4.78 is 0.961. The maximum absolute atomic E-state index is 5.38. The Bertz CT molecular complexity index is 70.6. The Labute approximate surface area is 81.6 Å². The summed E-state index contributed by atoms with van der Waals surface area (Å²) in [5.41, 5.74) is 5.38. The van der Waals surface area contributed by atoms with E-state index in [1.54, 1.807) is 0 Å². The van der Waals surface area contributed by atoms with Gasteiger partial charge in [0.15, 0.2) is 0 Å². The molecule has 3 heteroatoms. The van der Waals surface area contributed by atoms with Crippen molar-refractivity contribution in [3.8, 4) is 0 Å². The van der Waals surface area contributed by atoms with Gasteiger partial charge in [0.1, 0.15) is 0 Å². The molecule has 0 saturated heterocycles. The second-order valence-corrected chi connectivity index (χ2v) is 7.16. The quantitative estimate of drug-likeness (QED) is 0.575. The zero-order valence-electron chi connectivity index (χ0n) is 6.68. The first-order chi connectivity index (χ1) is 4.81. The van der Waals surface area contributed by atoms with Crippen molar-refractivity contribution < 1.29 is 0 Å². The fraction of sp³-hybridized carbons (Fsp3) is 1.00. The average Bonchev–Trinajstić information content (AvgIpc) is 1.98. The molecule has 0 bridgehead atoms. The summed E-state index contributed by atoms with van der Waals surface area (Å²) in [6.45, 7) is 0.865. The fourth-order valence-electron chi connectivity index (χ4n) is 0.784.